The van der Waals surface area contributed by atoms with E-state index in [1.54, 1.807) is 24.3 Å². The van der Waals surface area contributed by atoms with Crippen LogP contribution < -0.4 is 5.32 Å². The van der Waals surface area contributed by atoms with E-state index in [9.17, 15) is 9.90 Å². The summed E-state index contributed by atoms with van der Waals surface area (Å²) in [6, 6.07) is 6.50. The van der Waals surface area contributed by atoms with E-state index in [1.807, 2.05) is 13.8 Å². The van der Waals surface area contributed by atoms with Crippen LogP contribution >= 0.6 is 0 Å². The van der Waals surface area contributed by atoms with Crippen molar-refractivity contribution in [2.75, 3.05) is 6.54 Å². The molecule has 1 rings (SSSR count). The van der Waals surface area contributed by atoms with E-state index in [0.717, 1.165) is 5.56 Å². The summed E-state index contributed by atoms with van der Waals surface area (Å²) in [5.74, 6) is 0.184. The maximum Gasteiger partial charge on any atom is 0.224 e. The Labute approximate surface area is 101 Å². The van der Waals surface area contributed by atoms with Gasteiger partial charge in [-0.05, 0) is 23.6 Å². The van der Waals surface area contributed by atoms with Gasteiger partial charge >= 0.3 is 0 Å². The van der Waals surface area contributed by atoms with Crippen LogP contribution in [0.4, 0.5) is 0 Å². The summed E-state index contributed by atoms with van der Waals surface area (Å²) in [6.07, 6.45) is -0.260. The molecule has 4 heteroatoms. The first-order valence-corrected chi connectivity index (χ1v) is 5.71. The van der Waals surface area contributed by atoms with Crippen LogP contribution in [0.1, 0.15) is 19.4 Å². The van der Waals surface area contributed by atoms with Gasteiger partial charge in [-0.15, -0.1) is 0 Å². The first kappa shape index (κ1) is 13.5. The predicted molar refractivity (Wildman–Crippen MR) is 65.7 cm³/mol. The van der Waals surface area contributed by atoms with Crippen LogP contribution in [-0.2, 0) is 11.2 Å². The lowest BCUT2D eigenvalue weighted by Crippen LogP contribution is -2.35. The molecule has 1 aromatic rings. The van der Waals surface area contributed by atoms with Crippen molar-refractivity contribution in [3.8, 4) is 5.75 Å². The van der Waals surface area contributed by atoms with E-state index in [0.29, 0.717) is 0 Å². The third-order valence-corrected chi connectivity index (χ3v) is 2.58. The number of rotatable bonds is 5. The number of phenols is 1. The van der Waals surface area contributed by atoms with Crippen molar-refractivity contribution in [1.82, 2.24) is 5.32 Å². The van der Waals surface area contributed by atoms with Crippen LogP contribution in [0.5, 0.6) is 5.75 Å². The average Bonchev–Trinajstić information content (AvgIpc) is 2.29. The van der Waals surface area contributed by atoms with E-state index in [-0.39, 0.29) is 30.5 Å². The lowest BCUT2D eigenvalue weighted by molar-refractivity contribution is -0.121. The number of phenolic OH excluding ortho intramolecular Hbond substituents is 1. The van der Waals surface area contributed by atoms with Gasteiger partial charge in [0.25, 0.3) is 0 Å². The SMILES string of the molecule is CC(C)C(O)CNC(=O)Cc1ccc(O)cc1. The van der Waals surface area contributed by atoms with Crippen molar-refractivity contribution >= 4 is 5.91 Å². The van der Waals surface area contributed by atoms with Crippen LogP contribution in [0.2, 0.25) is 0 Å². The van der Waals surface area contributed by atoms with Gasteiger partial charge in [-0.2, -0.15) is 0 Å². The van der Waals surface area contributed by atoms with Gasteiger partial charge in [0, 0.05) is 6.54 Å². The highest BCUT2D eigenvalue weighted by atomic mass is 16.3. The zero-order valence-electron chi connectivity index (χ0n) is 10.2. The van der Waals surface area contributed by atoms with Crippen LogP contribution in [0.15, 0.2) is 24.3 Å². The van der Waals surface area contributed by atoms with E-state index >= 15 is 0 Å². The summed E-state index contributed by atoms with van der Waals surface area (Å²) in [4.78, 5) is 11.5. The Morgan fingerprint density at radius 3 is 2.41 bits per heavy atom. The van der Waals surface area contributed by atoms with E-state index < -0.39 is 6.10 Å². The molecule has 0 aliphatic rings. The molecule has 0 aliphatic heterocycles. The quantitative estimate of drug-likeness (QED) is 0.717. The third-order valence-electron chi connectivity index (χ3n) is 2.58. The lowest BCUT2D eigenvalue weighted by atomic mass is 10.1. The minimum absolute atomic E-state index is 0.129. The van der Waals surface area contributed by atoms with Gasteiger partial charge in [0.2, 0.25) is 5.91 Å². The number of carbonyl (C=O) groups excluding carboxylic acids is 1. The largest absolute Gasteiger partial charge is 0.508 e. The first-order chi connectivity index (χ1) is 7.99. The Hall–Kier alpha value is -1.55. The molecule has 1 amide bonds. The van der Waals surface area contributed by atoms with Crippen molar-refractivity contribution in [2.24, 2.45) is 5.92 Å². The molecule has 4 nitrogen and oxygen atoms in total. The van der Waals surface area contributed by atoms with Gasteiger partial charge < -0.3 is 15.5 Å². The second kappa shape index (κ2) is 6.25. The summed E-state index contributed by atoms with van der Waals surface area (Å²) >= 11 is 0. The molecule has 0 saturated carbocycles. The van der Waals surface area contributed by atoms with Gasteiger partial charge in [-0.1, -0.05) is 26.0 Å². The number of aliphatic hydroxyl groups is 1. The van der Waals surface area contributed by atoms with Crippen molar-refractivity contribution in [3.63, 3.8) is 0 Å². The molecule has 0 bridgehead atoms. The molecule has 1 unspecified atom stereocenters. The number of hydrogen-bond donors (Lipinski definition) is 3. The summed E-state index contributed by atoms with van der Waals surface area (Å²) < 4.78 is 0. The number of nitrogens with one attached hydrogen (secondary N) is 1. The monoisotopic (exact) mass is 237 g/mol. The van der Waals surface area contributed by atoms with Crippen molar-refractivity contribution in [3.05, 3.63) is 29.8 Å². The van der Waals surface area contributed by atoms with E-state index in [2.05, 4.69) is 5.32 Å². The summed E-state index contributed by atoms with van der Waals surface area (Å²) in [6.45, 7) is 4.07. The third kappa shape index (κ3) is 4.87. The molecular formula is C13H19NO3. The van der Waals surface area contributed by atoms with E-state index in [1.165, 1.54) is 0 Å². The molecule has 1 aromatic carbocycles. The van der Waals surface area contributed by atoms with Gasteiger partial charge in [-0.25, -0.2) is 0 Å². The highest BCUT2D eigenvalue weighted by molar-refractivity contribution is 5.78. The molecule has 0 aliphatic carbocycles. The number of hydrogen-bond acceptors (Lipinski definition) is 3. The van der Waals surface area contributed by atoms with Crippen LogP contribution in [0, 0.1) is 5.92 Å². The minimum atomic E-state index is -0.515. The number of amides is 1. The maximum atomic E-state index is 11.5. The second-order valence-corrected chi connectivity index (χ2v) is 4.46. The predicted octanol–water partition coefficient (Wildman–Crippen LogP) is 1.07. The highest BCUT2D eigenvalue weighted by Gasteiger charge is 2.10. The Morgan fingerprint density at radius 1 is 1.29 bits per heavy atom. The highest BCUT2D eigenvalue weighted by Crippen LogP contribution is 2.09. The fourth-order valence-corrected chi connectivity index (χ4v) is 1.32. The smallest absolute Gasteiger partial charge is 0.224 e. The summed E-state index contributed by atoms with van der Waals surface area (Å²) in [5.41, 5.74) is 0.833. The van der Waals surface area contributed by atoms with E-state index in [4.69, 9.17) is 5.11 Å². The number of aromatic hydroxyl groups is 1. The Kier molecular flexibility index (Phi) is 4.97. The molecule has 0 heterocycles. The van der Waals surface area contributed by atoms with Crippen LogP contribution in [0.25, 0.3) is 0 Å². The molecule has 0 fully saturated rings. The number of aliphatic hydroxyl groups excluding tert-OH is 1. The van der Waals surface area contributed by atoms with Crippen LogP contribution in [0.3, 0.4) is 0 Å². The molecule has 94 valence electrons. The Balaban J connectivity index is 2.37. The lowest BCUT2D eigenvalue weighted by Gasteiger charge is -2.15. The molecule has 1 atom stereocenters. The summed E-state index contributed by atoms with van der Waals surface area (Å²) in [7, 11) is 0. The maximum absolute atomic E-state index is 11.5. The molecule has 0 spiro atoms. The molecular weight excluding hydrogens is 218 g/mol. The zero-order chi connectivity index (χ0) is 12.8. The second-order valence-electron chi connectivity index (χ2n) is 4.46. The molecule has 0 saturated heterocycles. The zero-order valence-corrected chi connectivity index (χ0v) is 10.2. The van der Waals surface area contributed by atoms with Gasteiger partial charge in [0.15, 0.2) is 0 Å². The normalized spacial score (nSPS) is 12.5. The number of carbonyl (C=O) groups is 1. The minimum Gasteiger partial charge on any atom is -0.508 e. The van der Waals surface area contributed by atoms with Gasteiger partial charge in [0.1, 0.15) is 5.75 Å². The standard InChI is InChI=1S/C13H19NO3/c1-9(2)12(16)8-14-13(17)7-10-3-5-11(15)6-4-10/h3-6,9,12,15-16H,7-8H2,1-2H3,(H,14,17). The molecule has 0 aromatic heterocycles. The molecule has 17 heavy (non-hydrogen) atoms. The Morgan fingerprint density at radius 2 is 1.88 bits per heavy atom. The summed E-state index contributed by atoms with van der Waals surface area (Å²) in [5, 5.41) is 21.3. The average molecular weight is 237 g/mol. The topological polar surface area (TPSA) is 69.6 Å². The molecule has 0 radical (unpaired) electrons. The first-order valence-electron chi connectivity index (χ1n) is 5.71. The fraction of sp³-hybridized carbons (Fsp3) is 0.462. The van der Waals surface area contributed by atoms with Crippen molar-refractivity contribution < 1.29 is 15.0 Å². The van der Waals surface area contributed by atoms with Gasteiger partial charge in [0.05, 0.1) is 12.5 Å². The van der Waals surface area contributed by atoms with Crippen molar-refractivity contribution in [2.45, 2.75) is 26.4 Å². The Bertz CT molecular complexity index is 359. The van der Waals surface area contributed by atoms with Gasteiger partial charge in [-0.3, -0.25) is 4.79 Å². The molecule has 3 N–H and O–H groups in total. The number of benzene rings is 1. The van der Waals surface area contributed by atoms with Crippen molar-refractivity contribution in [1.29, 1.82) is 0 Å². The fourth-order valence-electron chi connectivity index (χ4n) is 1.32. The van der Waals surface area contributed by atoms with Crippen LogP contribution in [-0.4, -0.2) is 28.8 Å².